The Labute approximate surface area is 146 Å². The van der Waals surface area contributed by atoms with Crippen LogP contribution in [0.4, 0.5) is 5.69 Å². The highest BCUT2D eigenvalue weighted by molar-refractivity contribution is 6.11. The lowest BCUT2D eigenvalue weighted by Crippen LogP contribution is -2.34. The highest BCUT2D eigenvalue weighted by Crippen LogP contribution is 2.38. The summed E-state index contributed by atoms with van der Waals surface area (Å²) in [6.45, 7) is 2.88. The van der Waals surface area contributed by atoms with Crippen LogP contribution in [0, 0.1) is 6.92 Å². The van der Waals surface area contributed by atoms with Crippen molar-refractivity contribution in [2.75, 3.05) is 25.2 Å². The monoisotopic (exact) mass is 339 g/mol. The molecule has 6 nitrogen and oxygen atoms in total. The molecule has 1 atom stereocenters. The number of fused-ring (bicyclic) bond motifs is 1. The van der Waals surface area contributed by atoms with Gasteiger partial charge in [-0.1, -0.05) is 17.7 Å². The number of hydrogen-bond donors (Lipinski definition) is 1. The summed E-state index contributed by atoms with van der Waals surface area (Å²) in [6.07, 6.45) is 1.81. The highest BCUT2D eigenvalue weighted by atomic mass is 16.5. The quantitative estimate of drug-likeness (QED) is 0.820. The predicted molar refractivity (Wildman–Crippen MR) is 94.5 cm³/mol. The van der Waals surface area contributed by atoms with Crippen molar-refractivity contribution in [1.29, 1.82) is 0 Å². The van der Waals surface area contributed by atoms with Crippen LogP contribution >= 0.6 is 0 Å². The van der Waals surface area contributed by atoms with Gasteiger partial charge in [-0.15, -0.1) is 0 Å². The van der Waals surface area contributed by atoms with Crippen LogP contribution in [0.1, 0.15) is 34.1 Å². The lowest BCUT2D eigenvalue weighted by atomic mass is 10.1. The molecule has 2 heterocycles. The predicted octanol–water partition coefficient (Wildman–Crippen LogP) is 2.24. The van der Waals surface area contributed by atoms with Crippen LogP contribution in [0.3, 0.4) is 0 Å². The normalized spacial score (nSPS) is 16.0. The molecule has 1 aliphatic rings. The number of amides is 2. The van der Waals surface area contributed by atoms with Crippen molar-refractivity contribution in [3.8, 4) is 0 Å². The average molecular weight is 339 g/mol. The molecule has 0 bridgehead atoms. The van der Waals surface area contributed by atoms with Gasteiger partial charge in [-0.25, -0.2) is 0 Å². The molecule has 0 radical (unpaired) electrons. The van der Waals surface area contributed by atoms with E-state index in [1.54, 1.807) is 30.3 Å². The number of pyridine rings is 1. The van der Waals surface area contributed by atoms with E-state index in [9.17, 15) is 9.59 Å². The zero-order valence-electron chi connectivity index (χ0n) is 14.4. The Hall–Kier alpha value is -2.73. The molecule has 0 saturated heterocycles. The molecule has 0 saturated carbocycles. The maximum Gasteiger partial charge on any atom is 0.260 e. The number of aryl methyl sites for hydroxylation is 1. The van der Waals surface area contributed by atoms with E-state index >= 15 is 0 Å². The SMILES string of the molecule is COCCNC(=O)C[C@H]1c2ncccc2C(=O)N1c1ccc(C)cc1. The third-order valence-corrected chi connectivity index (χ3v) is 4.23. The molecule has 130 valence electrons. The number of carbonyl (C=O) groups excluding carboxylic acids is 2. The number of nitrogens with one attached hydrogen (secondary N) is 1. The third kappa shape index (κ3) is 3.53. The van der Waals surface area contributed by atoms with Gasteiger partial charge in [0.25, 0.3) is 5.91 Å². The van der Waals surface area contributed by atoms with Crippen molar-refractivity contribution in [2.24, 2.45) is 0 Å². The van der Waals surface area contributed by atoms with Gasteiger partial charge in [0.2, 0.25) is 5.91 Å². The second-order valence-electron chi connectivity index (χ2n) is 6.01. The van der Waals surface area contributed by atoms with Crippen LogP contribution in [0.15, 0.2) is 42.6 Å². The molecule has 2 amide bonds. The molecule has 1 N–H and O–H groups in total. The maximum absolute atomic E-state index is 12.9. The molecule has 0 aliphatic carbocycles. The number of carbonyl (C=O) groups is 2. The minimum Gasteiger partial charge on any atom is -0.383 e. The van der Waals surface area contributed by atoms with Crippen molar-refractivity contribution >= 4 is 17.5 Å². The number of anilines is 1. The molecule has 0 unspecified atom stereocenters. The van der Waals surface area contributed by atoms with E-state index in [4.69, 9.17) is 4.74 Å². The van der Waals surface area contributed by atoms with Crippen LogP contribution in [-0.4, -0.2) is 37.1 Å². The fourth-order valence-electron chi connectivity index (χ4n) is 2.99. The number of benzene rings is 1. The Morgan fingerprint density at radius 2 is 2.04 bits per heavy atom. The van der Waals surface area contributed by atoms with Gasteiger partial charge in [-0.2, -0.15) is 0 Å². The third-order valence-electron chi connectivity index (χ3n) is 4.23. The summed E-state index contributed by atoms with van der Waals surface area (Å²) in [6, 6.07) is 10.8. The van der Waals surface area contributed by atoms with Gasteiger partial charge in [0.05, 0.1) is 30.3 Å². The van der Waals surface area contributed by atoms with Gasteiger partial charge in [0.15, 0.2) is 0 Å². The van der Waals surface area contributed by atoms with Crippen LogP contribution < -0.4 is 10.2 Å². The van der Waals surface area contributed by atoms with E-state index < -0.39 is 6.04 Å². The number of nitrogens with zero attached hydrogens (tertiary/aromatic N) is 2. The zero-order valence-corrected chi connectivity index (χ0v) is 14.4. The standard InChI is InChI=1S/C19H21N3O3/c1-13-5-7-14(8-6-13)22-16(12-17(23)20-10-11-25-2)18-15(19(22)24)4-3-9-21-18/h3-9,16H,10-12H2,1-2H3,(H,20,23)/t16-/m0/s1. The molecule has 0 spiro atoms. The Kier molecular flexibility index (Phi) is 5.09. The lowest BCUT2D eigenvalue weighted by Gasteiger charge is -2.24. The summed E-state index contributed by atoms with van der Waals surface area (Å²) in [5, 5.41) is 2.81. The van der Waals surface area contributed by atoms with Gasteiger partial charge in [-0.05, 0) is 31.2 Å². The van der Waals surface area contributed by atoms with Gasteiger partial charge in [0.1, 0.15) is 0 Å². The second-order valence-corrected chi connectivity index (χ2v) is 6.01. The minimum absolute atomic E-state index is 0.123. The van der Waals surface area contributed by atoms with E-state index in [1.165, 1.54) is 0 Å². The largest absolute Gasteiger partial charge is 0.383 e. The molecule has 1 aromatic carbocycles. The summed E-state index contributed by atoms with van der Waals surface area (Å²) >= 11 is 0. The van der Waals surface area contributed by atoms with E-state index in [1.807, 2.05) is 31.2 Å². The van der Waals surface area contributed by atoms with Gasteiger partial charge in [-0.3, -0.25) is 19.5 Å². The Balaban J connectivity index is 1.88. The van der Waals surface area contributed by atoms with Crippen molar-refractivity contribution < 1.29 is 14.3 Å². The van der Waals surface area contributed by atoms with Gasteiger partial charge < -0.3 is 10.1 Å². The number of ether oxygens (including phenoxy) is 1. The van der Waals surface area contributed by atoms with Crippen LogP contribution in [0.25, 0.3) is 0 Å². The first kappa shape index (κ1) is 17.1. The summed E-state index contributed by atoms with van der Waals surface area (Å²) in [5.74, 6) is -0.257. The highest BCUT2D eigenvalue weighted by Gasteiger charge is 2.39. The second kappa shape index (κ2) is 7.44. The van der Waals surface area contributed by atoms with Crippen molar-refractivity contribution in [3.05, 3.63) is 59.4 Å². The molecule has 3 rings (SSSR count). The Morgan fingerprint density at radius 3 is 2.76 bits per heavy atom. The summed E-state index contributed by atoms with van der Waals surface area (Å²) < 4.78 is 4.95. The first-order valence-corrected chi connectivity index (χ1v) is 8.22. The minimum atomic E-state index is -0.408. The first-order valence-electron chi connectivity index (χ1n) is 8.22. The molecule has 6 heteroatoms. The molecule has 1 aromatic heterocycles. The van der Waals surface area contributed by atoms with Crippen LogP contribution in [0.5, 0.6) is 0 Å². The summed E-state index contributed by atoms with van der Waals surface area (Å²) in [5.41, 5.74) is 3.08. The van der Waals surface area contributed by atoms with Gasteiger partial charge >= 0.3 is 0 Å². The molecule has 25 heavy (non-hydrogen) atoms. The molecule has 2 aromatic rings. The molecule has 1 aliphatic heterocycles. The van der Waals surface area contributed by atoms with Crippen LogP contribution in [0.2, 0.25) is 0 Å². The molecular formula is C19H21N3O3. The van der Waals surface area contributed by atoms with E-state index in [0.717, 1.165) is 11.3 Å². The molecule has 0 fully saturated rings. The van der Waals surface area contributed by atoms with Crippen molar-refractivity contribution in [1.82, 2.24) is 10.3 Å². The van der Waals surface area contributed by atoms with Crippen molar-refractivity contribution in [2.45, 2.75) is 19.4 Å². The zero-order chi connectivity index (χ0) is 17.8. The number of aromatic nitrogens is 1. The number of rotatable bonds is 6. The fourth-order valence-corrected chi connectivity index (χ4v) is 2.99. The Bertz CT molecular complexity index is 774. The summed E-state index contributed by atoms with van der Waals surface area (Å²) in [4.78, 5) is 31.2. The van der Waals surface area contributed by atoms with E-state index in [0.29, 0.717) is 24.4 Å². The van der Waals surface area contributed by atoms with Gasteiger partial charge in [0, 0.05) is 25.5 Å². The number of hydrogen-bond acceptors (Lipinski definition) is 4. The number of methoxy groups -OCH3 is 1. The lowest BCUT2D eigenvalue weighted by molar-refractivity contribution is -0.121. The topological polar surface area (TPSA) is 71.5 Å². The van der Waals surface area contributed by atoms with Crippen molar-refractivity contribution in [3.63, 3.8) is 0 Å². The van der Waals surface area contributed by atoms with Crippen LogP contribution in [-0.2, 0) is 9.53 Å². The maximum atomic E-state index is 12.9. The van der Waals surface area contributed by atoms with E-state index in [-0.39, 0.29) is 18.2 Å². The first-order chi connectivity index (χ1) is 12.1. The Morgan fingerprint density at radius 1 is 1.28 bits per heavy atom. The summed E-state index contributed by atoms with van der Waals surface area (Å²) in [7, 11) is 1.58. The smallest absolute Gasteiger partial charge is 0.260 e. The average Bonchev–Trinajstić information content (AvgIpc) is 2.89. The fraction of sp³-hybridized carbons (Fsp3) is 0.316. The molecular weight excluding hydrogens is 318 g/mol. The van der Waals surface area contributed by atoms with E-state index in [2.05, 4.69) is 10.3 Å².